The molecule has 2 atom stereocenters. The lowest BCUT2D eigenvalue weighted by atomic mass is 9.94. The number of rotatable bonds is 5. The maximum atomic E-state index is 12.6. The molecule has 1 aliphatic carbocycles. The molecular weight excluding hydrogens is 304 g/mol. The molecule has 128 valence electrons. The lowest BCUT2D eigenvalue weighted by molar-refractivity contribution is -0.139. The number of nitrogens with zero attached hydrogens (tertiary/aromatic N) is 3. The molecule has 3 heterocycles. The third-order valence-corrected chi connectivity index (χ3v) is 5.19. The molecule has 1 saturated carbocycles. The second kappa shape index (κ2) is 6.09. The van der Waals surface area contributed by atoms with Crippen LogP contribution in [0.5, 0.6) is 0 Å². The standard InChI is InChI=1S/C18H24N4O2/c1-12-7-10-24-15(12)11-20-14-5-6-16(23)22(13-3-4-13)17(14)18-19-8-9-21(18)2/h7-10,13-14,17,20H,3-6,11H2,1-2H3/t14-,17-/m1/s1. The molecule has 2 aromatic heterocycles. The Bertz CT molecular complexity index is 731. The molecule has 6 heteroatoms. The molecule has 24 heavy (non-hydrogen) atoms. The second-order valence-electron chi connectivity index (χ2n) is 6.93. The van der Waals surface area contributed by atoms with E-state index in [0.29, 0.717) is 19.0 Å². The zero-order chi connectivity index (χ0) is 16.7. The van der Waals surface area contributed by atoms with Crippen molar-refractivity contribution in [3.8, 4) is 0 Å². The molecule has 1 amide bonds. The molecule has 0 unspecified atom stereocenters. The summed E-state index contributed by atoms with van der Waals surface area (Å²) in [5.74, 6) is 2.19. The predicted octanol–water partition coefficient (Wildman–Crippen LogP) is 2.31. The normalized spacial score (nSPS) is 24.6. The molecule has 2 aliphatic rings. The van der Waals surface area contributed by atoms with Crippen molar-refractivity contribution in [1.82, 2.24) is 19.8 Å². The van der Waals surface area contributed by atoms with Gasteiger partial charge in [-0.15, -0.1) is 0 Å². The van der Waals surface area contributed by atoms with Crippen molar-refractivity contribution >= 4 is 5.91 Å². The molecule has 0 bridgehead atoms. The number of likely N-dealkylation sites (tertiary alicyclic amines) is 1. The summed E-state index contributed by atoms with van der Waals surface area (Å²) in [5, 5.41) is 3.62. The quantitative estimate of drug-likeness (QED) is 0.915. The van der Waals surface area contributed by atoms with Gasteiger partial charge in [-0.25, -0.2) is 4.98 Å². The van der Waals surface area contributed by atoms with Gasteiger partial charge in [-0.1, -0.05) is 0 Å². The molecule has 4 rings (SSSR count). The summed E-state index contributed by atoms with van der Waals surface area (Å²) in [5.41, 5.74) is 1.15. The lowest BCUT2D eigenvalue weighted by Crippen LogP contribution is -2.52. The van der Waals surface area contributed by atoms with Crippen LogP contribution in [-0.2, 0) is 18.4 Å². The number of aromatic nitrogens is 2. The number of amides is 1. The minimum absolute atomic E-state index is 0.00554. The SMILES string of the molecule is Cc1ccoc1CN[C@@H]1CCC(=O)N(C2CC2)[C@H]1c1nccn1C. The molecule has 6 nitrogen and oxygen atoms in total. The third-order valence-electron chi connectivity index (χ3n) is 5.19. The summed E-state index contributed by atoms with van der Waals surface area (Å²) in [6, 6.07) is 2.55. The Morgan fingerprint density at radius 1 is 1.38 bits per heavy atom. The predicted molar refractivity (Wildman–Crippen MR) is 89.1 cm³/mol. The summed E-state index contributed by atoms with van der Waals surface area (Å²) in [6.45, 7) is 2.73. The first kappa shape index (κ1) is 15.4. The smallest absolute Gasteiger partial charge is 0.223 e. The third kappa shape index (κ3) is 2.75. The van der Waals surface area contributed by atoms with E-state index in [4.69, 9.17) is 4.42 Å². The van der Waals surface area contributed by atoms with E-state index in [9.17, 15) is 4.79 Å². The van der Waals surface area contributed by atoms with Crippen molar-refractivity contribution in [2.45, 2.75) is 57.3 Å². The first-order chi connectivity index (χ1) is 11.6. The van der Waals surface area contributed by atoms with Crippen LogP contribution in [0.25, 0.3) is 0 Å². The fourth-order valence-corrected chi connectivity index (χ4v) is 3.69. The van der Waals surface area contributed by atoms with Crippen molar-refractivity contribution < 1.29 is 9.21 Å². The molecule has 2 aromatic rings. The van der Waals surface area contributed by atoms with E-state index in [1.165, 1.54) is 0 Å². The highest BCUT2D eigenvalue weighted by Crippen LogP contribution is 2.40. The van der Waals surface area contributed by atoms with E-state index < -0.39 is 0 Å². The largest absolute Gasteiger partial charge is 0.468 e. The average Bonchev–Trinajstić information content (AvgIpc) is 3.19. The number of piperidine rings is 1. The molecule has 1 N–H and O–H groups in total. The number of hydrogen-bond acceptors (Lipinski definition) is 4. The first-order valence-electron chi connectivity index (χ1n) is 8.70. The van der Waals surface area contributed by atoms with Crippen LogP contribution in [0.1, 0.15) is 48.9 Å². The number of imidazole rings is 1. The number of carbonyl (C=O) groups excluding carboxylic acids is 1. The van der Waals surface area contributed by atoms with E-state index in [1.54, 1.807) is 6.26 Å². The van der Waals surface area contributed by atoms with Gasteiger partial charge < -0.3 is 19.2 Å². The van der Waals surface area contributed by atoms with Crippen molar-refractivity contribution in [2.24, 2.45) is 7.05 Å². The van der Waals surface area contributed by atoms with Gasteiger partial charge in [-0.05, 0) is 37.8 Å². The van der Waals surface area contributed by atoms with Crippen LogP contribution < -0.4 is 5.32 Å². The molecular formula is C18H24N4O2. The maximum absolute atomic E-state index is 12.6. The van der Waals surface area contributed by atoms with Gasteiger partial charge in [0.25, 0.3) is 0 Å². The maximum Gasteiger partial charge on any atom is 0.223 e. The Labute approximate surface area is 141 Å². The molecule has 0 aromatic carbocycles. The van der Waals surface area contributed by atoms with E-state index in [0.717, 1.165) is 36.4 Å². The van der Waals surface area contributed by atoms with Gasteiger partial charge in [-0.3, -0.25) is 4.79 Å². The summed E-state index contributed by atoms with van der Waals surface area (Å²) in [4.78, 5) is 19.2. The highest BCUT2D eigenvalue weighted by atomic mass is 16.3. The Morgan fingerprint density at radius 2 is 2.21 bits per heavy atom. The van der Waals surface area contributed by atoms with E-state index in [-0.39, 0.29) is 18.0 Å². The zero-order valence-corrected chi connectivity index (χ0v) is 14.2. The minimum Gasteiger partial charge on any atom is -0.468 e. The van der Waals surface area contributed by atoms with E-state index in [2.05, 4.69) is 22.1 Å². The minimum atomic E-state index is -0.00554. The number of hydrogen-bond donors (Lipinski definition) is 1. The van der Waals surface area contributed by atoms with Crippen LogP contribution in [0, 0.1) is 6.92 Å². The first-order valence-corrected chi connectivity index (χ1v) is 8.70. The summed E-state index contributed by atoms with van der Waals surface area (Å²) in [6.07, 6.45) is 9.14. The topological polar surface area (TPSA) is 63.3 Å². The van der Waals surface area contributed by atoms with Gasteiger partial charge in [0.2, 0.25) is 5.91 Å². The summed E-state index contributed by atoms with van der Waals surface area (Å²) >= 11 is 0. The van der Waals surface area contributed by atoms with Gasteiger partial charge in [0.05, 0.1) is 12.8 Å². The summed E-state index contributed by atoms with van der Waals surface area (Å²) < 4.78 is 7.58. The molecule has 1 saturated heterocycles. The Kier molecular flexibility index (Phi) is 3.92. The molecule has 0 radical (unpaired) electrons. The van der Waals surface area contributed by atoms with Crippen LogP contribution in [0.2, 0.25) is 0 Å². The summed E-state index contributed by atoms with van der Waals surface area (Å²) in [7, 11) is 2.00. The Morgan fingerprint density at radius 3 is 2.83 bits per heavy atom. The van der Waals surface area contributed by atoms with Crippen molar-refractivity contribution in [2.75, 3.05) is 0 Å². The Balaban J connectivity index is 1.60. The van der Waals surface area contributed by atoms with E-state index >= 15 is 0 Å². The number of aryl methyl sites for hydroxylation is 2. The zero-order valence-electron chi connectivity index (χ0n) is 14.2. The van der Waals surface area contributed by atoms with Gasteiger partial charge in [-0.2, -0.15) is 0 Å². The van der Waals surface area contributed by atoms with Crippen LogP contribution in [0.4, 0.5) is 0 Å². The number of nitrogens with one attached hydrogen (secondary N) is 1. The van der Waals surface area contributed by atoms with Crippen molar-refractivity contribution in [3.63, 3.8) is 0 Å². The van der Waals surface area contributed by atoms with Crippen LogP contribution in [-0.4, -0.2) is 32.4 Å². The van der Waals surface area contributed by atoms with Gasteiger partial charge in [0, 0.05) is 37.9 Å². The monoisotopic (exact) mass is 328 g/mol. The Hall–Kier alpha value is -2.08. The van der Waals surface area contributed by atoms with Gasteiger partial charge >= 0.3 is 0 Å². The van der Waals surface area contributed by atoms with Gasteiger partial charge in [0.1, 0.15) is 17.6 Å². The highest BCUT2D eigenvalue weighted by Gasteiger charge is 2.45. The lowest BCUT2D eigenvalue weighted by Gasteiger charge is -2.41. The molecule has 1 aliphatic heterocycles. The number of furan rings is 1. The van der Waals surface area contributed by atoms with Crippen molar-refractivity contribution in [1.29, 1.82) is 0 Å². The highest BCUT2D eigenvalue weighted by molar-refractivity contribution is 5.78. The molecule has 0 spiro atoms. The van der Waals surface area contributed by atoms with Gasteiger partial charge in [0.15, 0.2) is 0 Å². The van der Waals surface area contributed by atoms with Crippen LogP contribution in [0.15, 0.2) is 29.1 Å². The van der Waals surface area contributed by atoms with E-state index in [1.807, 2.05) is 30.1 Å². The fraction of sp³-hybridized carbons (Fsp3) is 0.556. The molecule has 2 fully saturated rings. The van der Waals surface area contributed by atoms with Crippen LogP contribution in [0.3, 0.4) is 0 Å². The number of carbonyl (C=O) groups is 1. The second-order valence-corrected chi connectivity index (χ2v) is 6.93. The van der Waals surface area contributed by atoms with Crippen LogP contribution >= 0.6 is 0 Å². The average molecular weight is 328 g/mol. The van der Waals surface area contributed by atoms with Crippen molar-refractivity contribution in [3.05, 3.63) is 41.9 Å². The fourth-order valence-electron chi connectivity index (χ4n) is 3.69.